The van der Waals surface area contributed by atoms with Crippen molar-refractivity contribution in [3.63, 3.8) is 0 Å². The molecular formula is C14H20N4O. The van der Waals surface area contributed by atoms with Crippen molar-refractivity contribution in [2.45, 2.75) is 39.2 Å². The topological polar surface area (TPSA) is 63.8 Å². The number of pyridine rings is 1. The minimum atomic E-state index is 0.378. The summed E-state index contributed by atoms with van der Waals surface area (Å²) in [5.74, 6) is 1.23. The average Bonchev–Trinajstić information content (AvgIpc) is 2.87. The third-order valence-corrected chi connectivity index (χ3v) is 3.16. The van der Waals surface area contributed by atoms with Gasteiger partial charge in [0.05, 0.1) is 0 Å². The molecular weight excluding hydrogens is 240 g/mol. The van der Waals surface area contributed by atoms with Crippen LogP contribution in [0, 0.1) is 6.92 Å². The maximum Gasteiger partial charge on any atom is 0.228 e. The summed E-state index contributed by atoms with van der Waals surface area (Å²) in [4.78, 5) is 8.73. The summed E-state index contributed by atoms with van der Waals surface area (Å²) < 4.78 is 5.31. The van der Waals surface area contributed by atoms with Gasteiger partial charge in [-0.2, -0.15) is 4.98 Å². The lowest BCUT2D eigenvalue weighted by Gasteiger charge is -2.11. The van der Waals surface area contributed by atoms with Gasteiger partial charge in [-0.1, -0.05) is 24.6 Å². The van der Waals surface area contributed by atoms with E-state index in [1.165, 1.54) is 0 Å². The van der Waals surface area contributed by atoms with E-state index in [-0.39, 0.29) is 0 Å². The molecule has 19 heavy (non-hydrogen) atoms. The summed E-state index contributed by atoms with van der Waals surface area (Å²) in [5, 5.41) is 7.29. The van der Waals surface area contributed by atoms with Crippen LogP contribution in [0.5, 0.6) is 0 Å². The van der Waals surface area contributed by atoms with Crippen molar-refractivity contribution in [2.24, 2.45) is 0 Å². The third-order valence-electron chi connectivity index (χ3n) is 3.16. The summed E-state index contributed by atoms with van der Waals surface area (Å²) in [5.41, 5.74) is 1.84. The highest BCUT2D eigenvalue weighted by Gasteiger charge is 2.15. The van der Waals surface area contributed by atoms with Gasteiger partial charge < -0.3 is 9.84 Å². The van der Waals surface area contributed by atoms with Crippen molar-refractivity contribution in [2.75, 3.05) is 7.05 Å². The zero-order valence-electron chi connectivity index (χ0n) is 11.7. The van der Waals surface area contributed by atoms with Gasteiger partial charge in [0.2, 0.25) is 11.7 Å². The van der Waals surface area contributed by atoms with E-state index >= 15 is 0 Å². The molecule has 0 fully saturated rings. The molecule has 2 heterocycles. The van der Waals surface area contributed by atoms with Crippen LogP contribution < -0.4 is 5.32 Å². The van der Waals surface area contributed by atoms with Gasteiger partial charge >= 0.3 is 0 Å². The molecule has 102 valence electrons. The van der Waals surface area contributed by atoms with Crippen LogP contribution in [0.15, 0.2) is 22.9 Å². The summed E-state index contributed by atoms with van der Waals surface area (Å²) in [6.07, 6.45) is 4.72. The molecule has 1 N–H and O–H groups in total. The van der Waals surface area contributed by atoms with E-state index in [1.54, 1.807) is 6.20 Å². The predicted octanol–water partition coefficient (Wildman–Crippen LogP) is 2.37. The van der Waals surface area contributed by atoms with Gasteiger partial charge in [-0.05, 0) is 32.0 Å². The molecule has 0 bridgehead atoms. The molecule has 0 saturated heterocycles. The normalized spacial score (nSPS) is 12.6. The van der Waals surface area contributed by atoms with E-state index in [0.717, 1.165) is 30.5 Å². The van der Waals surface area contributed by atoms with Gasteiger partial charge in [-0.15, -0.1) is 0 Å². The lowest BCUT2D eigenvalue weighted by Crippen LogP contribution is -2.27. The molecule has 0 aromatic carbocycles. The Balaban J connectivity index is 2.13. The Morgan fingerprint density at radius 2 is 2.26 bits per heavy atom. The molecule has 2 aromatic rings. The first kappa shape index (κ1) is 13.7. The van der Waals surface area contributed by atoms with Crippen LogP contribution >= 0.6 is 0 Å². The summed E-state index contributed by atoms with van der Waals surface area (Å²) in [6, 6.07) is 4.27. The van der Waals surface area contributed by atoms with Crippen molar-refractivity contribution in [1.82, 2.24) is 20.4 Å². The molecule has 2 aromatic heterocycles. The Labute approximate surface area is 113 Å². The molecule has 0 amide bonds. The first-order chi connectivity index (χ1) is 9.24. The zero-order valence-corrected chi connectivity index (χ0v) is 11.7. The standard InChI is InChI=1S/C14H20N4O/c1-4-6-11(15-3)9-12-17-14(18-19-12)13-10(2)7-5-8-16-13/h5,7-8,11,15H,4,6,9H2,1-3H3. The molecule has 0 saturated carbocycles. The van der Waals surface area contributed by atoms with Crippen LogP contribution in [0.25, 0.3) is 11.5 Å². The molecule has 1 atom stereocenters. The van der Waals surface area contributed by atoms with Crippen molar-refractivity contribution in [3.8, 4) is 11.5 Å². The van der Waals surface area contributed by atoms with Gasteiger partial charge in [0, 0.05) is 18.7 Å². The minimum absolute atomic E-state index is 0.378. The third kappa shape index (κ3) is 3.38. The Hall–Kier alpha value is -1.75. The van der Waals surface area contributed by atoms with Gasteiger partial charge in [-0.3, -0.25) is 4.98 Å². The second-order valence-electron chi connectivity index (χ2n) is 4.66. The van der Waals surface area contributed by atoms with Gasteiger partial charge in [0.25, 0.3) is 0 Å². The molecule has 0 aliphatic heterocycles. The highest BCUT2D eigenvalue weighted by atomic mass is 16.5. The predicted molar refractivity (Wildman–Crippen MR) is 73.7 cm³/mol. The van der Waals surface area contributed by atoms with Crippen LogP contribution in [0.2, 0.25) is 0 Å². The summed E-state index contributed by atoms with van der Waals surface area (Å²) in [6.45, 7) is 4.16. The number of rotatable bonds is 6. The molecule has 0 spiro atoms. The first-order valence-corrected chi connectivity index (χ1v) is 6.66. The fourth-order valence-corrected chi connectivity index (χ4v) is 2.06. The van der Waals surface area contributed by atoms with Crippen molar-refractivity contribution in [3.05, 3.63) is 29.8 Å². The summed E-state index contributed by atoms with van der Waals surface area (Å²) >= 11 is 0. The van der Waals surface area contributed by atoms with Crippen molar-refractivity contribution in [1.29, 1.82) is 0 Å². The number of aromatic nitrogens is 3. The maximum atomic E-state index is 5.31. The van der Waals surface area contributed by atoms with E-state index in [9.17, 15) is 0 Å². The van der Waals surface area contributed by atoms with E-state index in [2.05, 4.69) is 27.4 Å². The number of likely N-dealkylation sites (N-methyl/N-ethyl adjacent to an activating group) is 1. The second kappa shape index (κ2) is 6.43. The molecule has 5 heteroatoms. The maximum absolute atomic E-state index is 5.31. The monoisotopic (exact) mass is 260 g/mol. The lowest BCUT2D eigenvalue weighted by atomic mass is 10.1. The second-order valence-corrected chi connectivity index (χ2v) is 4.66. The smallest absolute Gasteiger partial charge is 0.228 e. The van der Waals surface area contributed by atoms with Crippen molar-refractivity contribution >= 4 is 0 Å². The highest BCUT2D eigenvalue weighted by molar-refractivity contribution is 5.53. The fraction of sp³-hybridized carbons (Fsp3) is 0.500. The Morgan fingerprint density at radius 3 is 2.95 bits per heavy atom. The summed E-state index contributed by atoms with van der Waals surface area (Å²) in [7, 11) is 1.96. The van der Waals surface area contributed by atoms with E-state index < -0.39 is 0 Å². The van der Waals surface area contributed by atoms with Gasteiger partial charge in [0.1, 0.15) is 5.69 Å². The number of hydrogen-bond acceptors (Lipinski definition) is 5. The number of nitrogens with one attached hydrogen (secondary N) is 1. The molecule has 0 aliphatic carbocycles. The number of aryl methyl sites for hydroxylation is 1. The quantitative estimate of drug-likeness (QED) is 0.863. The fourth-order valence-electron chi connectivity index (χ4n) is 2.06. The molecule has 0 aliphatic rings. The molecule has 1 unspecified atom stereocenters. The number of nitrogens with zero attached hydrogens (tertiary/aromatic N) is 3. The van der Waals surface area contributed by atoms with E-state index in [0.29, 0.717) is 17.8 Å². The van der Waals surface area contributed by atoms with E-state index in [1.807, 2.05) is 26.1 Å². The van der Waals surface area contributed by atoms with Gasteiger partial charge in [0.15, 0.2) is 0 Å². The molecule has 5 nitrogen and oxygen atoms in total. The average molecular weight is 260 g/mol. The Bertz CT molecular complexity index is 524. The SMILES string of the molecule is CCCC(Cc1nc(-c2ncccc2C)no1)NC. The first-order valence-electron chi connectivity index (χ1n) is 6.66. The Morgan fingerprint density at radius 1 is 1.42 bits per heavy atom. The largest absolute Gasteiger partial charge is 0.339 e. The number of hydrogen-bond donors (Lipinski definition) is 1. The molecule has 0 radical (unpaired) electrons. The Kier molecular flexibility index (Phi) is 4.63. The van der Waals surface area contributed by atoms with Crippen molar-refractivity contribution < 1.29 is 4.52 Å². The minimum Gasteiger partial charge on any atom is -0.339 e. The van der Waals surface area contributed by atoms with Crippen LogP contribution in [0.3, 0.4) is 0 Å². The van der Waals surface area contributed by atoms with Crippen LogP contribution in [0.4, 0.5) is 0 Å². The molecule has 2 rings (SSSR count). The lowest BCUT2D eigenvalue weighted by molar-refractivity contribution is 0.356. The zero-order chi connectivity index (χ0) is 13.7. The highest BCUT2D eigenvalue weighted by Crippen LogP contribution is 2.17. The van der Waals surface area contributed by atoms with E-state index in [4.69, 9.17) is 4.52 Å². The van der Waals surface area contributed by atoms with Crippen LogP contribution in [-0.4, -0.2) is 28.2 Å². The van der Waals surface area contributed by atoms with Crippen LogP contribution in [-0.2, 0) is 6.42 Å². The van der Waals surface area contributed by atoms with Crippen LogP contribution in [0.1, 0.15) is 31.2 Å². The van der Waals surface area contributed by atoms with Gasteiger partial charge in [-0.25, -0.2) is 0 Å².